The molecule has 0 amide bonds. The van der Waals surface area contributed by atoms with Crippen molar-refractivity contribution in [1.29, 1.82) is 0 Å². The maximum Gasteiger partial charge on any atom is 0.173 e. The van der Waals surface area contributed by atoms with Crippen LogP contribution in [0, 0.1) is 6.92 Å². The lowest BCUT2D eigenvalue weighted by Crippen LogP contribution is -1.98. The molecule has 0 saturated heterocycles. The Bertz CT molecular complexity index is 351. The second kappa shape index (κ2) is 5.06. The van der Waals surface area contributed by atoms with Crippen molar-refractivity contribution in [1.82, 2.24) is 24.7 Å². The van der Waals surface area contributed by atoms with E-state index in [-0.39, 0.29) is 0 Å². The first-order valence-electron chi connectivity index (χ1n) is 4.50. The molecule has 0 bridgehead atoms. The van der Waals surface area contributed by atoms with E-state index in [0.29, 0.717) is 5.82 Å². The zero-order chi connectivity index (χ0) is 10.4. The summed E-state index contributed by atoms with van der Waals surface area (Å²) in [7, 11) is 0. The molecule has 0 N–H and O–H groups in total. The second-order valence-corrected chi connectivity index (χ2v) is 2.36. The van der Waals surface area contributed by atoms with E-state index in [1.165, 1.54) is 6.33 Å². The van der Waals surface area contributed by atoms with E-state index in [1.807, 2.05) is 20.8 Å². The Morgan fingerprint density at radius 3 is 2.43 bits per heavy atom. The molecule has 2 rings (SSSR count). The third kappa shape index (κ3) is 2.35. The summed E-state index contributed by atoms with van der Waals surface area (Å²) in [5.74, 6) is 0.679. The molecule has 2 aromatic rings. The van der Waals surface area contributed by atoms with Crippen LogP contribution in [0.1, 0.15) is 19.5 Å². The van der Waals surface area contributed by atoms with Gasteiger partial charge in [-0.25, -0.2) is 14.6 Å². The van der Waals surface area contributed by atoms with Gasteiger partial charge in [0.25, 0.3) is 0 Å². The summed E-state index contributed by atoms with van der Waals surface area (Å²) in [4.78, 5) is 12.0. The highest BCUT2D eigenvalue weighted by Crippen LogP contribution is 1.97. The molecule has 74 valence electrons. The molecule has 0 aliphatic heterocycles. The van der Waals surface area contributed by atoms with Crippen LogP contribution in [0.3, 0.4) is 0 Å². The van der Waals surface area contributed by atoms with E-state index in [4.69, 9.17) is 0 Å². The summed E-state index contributed by atoms with van der Waals surface area (Å²) in [5, 5.41) is 3.92. The minimum Gasteiger partial charge on any atom is -0.256 e. The van der Waals surface area contributed by atoms with E-state index >= 15 is 0 Å². The van der Waals surface area contributed by atoms with Gasteiger partial charge in [-0.1, -0.05) is 13.8 Å². The van der Waals surface area contributed by atoms with Crippen molar-refractivity contribution in [2.75, 3.05) is 0 Å². The van der Waals surface area contributed by atoms with Gasteiger partial charge >= 0.3 is 0 Å². The second-order valence-electron chi connectivity index (χ2n) is 2.36. The van der Waals surface area contributed by atoms with Gasteiger partial charge in [0.05, 0.1) is 18.1 Å². The molecule has 2 aromatic heterocycles. The minimum absolute atomic E-state index is 0.679. The Labute approximate surface area is 82.9 Å². The van der Waals surface area contributed by atoms with Gasteiger partial charge in [-0.2, -0.15) is 5.10 Å². The minimum atomic E-state index is 0.679. The number of nitrogens with zero attached hydrogens (tertiary/aromatic N) is 5. The van der Waals surface area contributed by atoms with Gasteiger partial charge in [-0.05, 0) is 6.92 Å². The van der Waals surface area contributed by atoms with Crippen LogP contribution in [-0.2, 0) is 0 Å². The Hall–Kier alpha value is -1.78. The highest BCUT2D eigenvalue weighted by Gasteiger charge is 1.96. The van der Waals surface area contributed by atoms with Crippen molar-refractivity contribution in [2.24, 2.45) is 0 Å². The Morgan fingerprint density at radius 1 is 1.14 bits per heavy atom. The van der Waals surface area contributed by atoms with Crippen LogP contribution in [0.15, 0.2) is 25.0 Å². The lowest BCUT2D eigenvalue weighted by Gasteiger charge is -1.97. The average molecular weight is 191 g/mol. The highest BCUT2D eigenvalue weighted by atomic mass is 15.3. The van der Waals surface area contributed by atoms with Gasteiger partial charge in [0.2, 0.25) is 0 Å². The summed E-state index contributed by atoms with van der Waals surface area (Å²) < 4.78 is 1.56. The largest absolute Gasteiger partial charge is 0.256 e. The first-order valence-corrected chi connectivity index (χ1v) is 4.50. The Kier molecular flexibility index (Phi) is 3.72. The first kappa shape index (κ1) is 10.3. The zero-order valence-corrected chi connectivity index (χ0v) is 8.55. The van der Waals surface area contributed by atoms with Crippen molar-refractivity contribution in [2.45, 2.75) is 20.8 Å². The fourth-order valence-electron chi connectivity index (χ4n) is 0.831. The molecule has 0 spiro atoms. The van der Waals surface area contributed by atoms with Gasteiger partial charge < -0.3 is 0 Å². The number of hydrogen-bond donors (Lipinski definition) is 0. The van der Waals surface area contributed by atoms with Crippen LogP contribution in [0.2, 0.25) is 0 Å². The summed E-state index contributed by atoms with van der Waals surface area (Å²) >= 11 is 0. The lowest BCUT2D eigenvalue weighted by atomic mass is 10.5. The topological polar surface area (TPSA) is 56.5 Å². The third-order valence-electron chi connectivity index (χ3n) is 1.42. The van der Waals surface area contributed by atoms with Crippen LogP contribution in [-0.4, -0.2) is 24.7 Å². The van der Waals surface area contributed by atoms with Crippen LogP contribution >= 0.6 is 0 Å². The van der Waals surface area contributed by atoms with Gasteiger partial charge in [0, 0.05) is 0 Å². The molecule has 0 aliphatic carbocycles. The van der Waals surface area contributed by atoms with Crippen molar-refractivity contribution in [3.63, 3.8) is 0 Å². The summed E-state index contributed by atoms with van der Waals surface area (Å²) in [6.45, 7) is 5.89. The molecule has 0 aromatic carbocycles. The van der Waals surface area contributed by atoms with Crippen LogP contribution in [0.5, 0.6) is 0 Å². The van der Waals surface area contributed by atoms with Crippen molar-refractivity contribution >= 4 is 0 Å². The molecule has 0 radical (unpaired) electrons. The number of aromatic nitrogens is 5. The van der Waals surface area contributed by atoms with Gasteiger partial charge in [-0.15, -0.1) is 0 Å². The van der Waals surface area contributed by atoms with E-state index in [1.54, 1.807) is 23.4 Å². The Morgan fingerprint density at radius 2 is 1.93 bits per heavy atom. The monoisotopic (exact) mass is 191 g/mol. The number of hydrogen-bond acceptors (Lipinski definition) is 4. The molecule has 0 unspecified atom stereocenters. The maximum absolute atomic E-state index is 4.12. The van der Waals surface area contributed by atoms with E-state index in [9.17, 15) is 0 Å². The van der Waals surface area contributed by atoms with Crippen molar-refractivity contribution < 1.29 is 0 Å². The van der Waals surface area contributed by atoms with Crippen molar-refractivity contribution in [3.8, 4) is 5.82 Å². The predicted molar refractivity (Wildman–Crippen MR) is 53.0 cm³/mol. The fourth-order valence-corrected chi connectivity index (χ4v) is 0.831. The molecular weight excluding hydrogens is 178 g/mol. The number of aryl methyl sites for hydroxylation is 1. The smallest absolute Gasteiger partial charge is 0.173 e. The zero-order valence-electron chi connectivity index (χ0n) is 8.55. The first-order chi connectivity index (χ1) is 6.86. The normalized spacial score (nSPS) is 9.07. The molecule has 0 saturated carbocycles. The molecule has 2 heterocycles. The standard InChI is InChI=1S/C7H7N5.C2H6/c1-6-2-10-7(3-9-6)12-5-8-4-11-12;1-2/h2-5H,1H3;1-2H3. The summed E-state index contributed by atoms with van der Waals surface area (Å²) in [5.41, 5.74) is 0.888. The molecular formula is C9H13N5. The molecule has 0 fully saturated rings. The predicted octanol–water partition coefficient (Wildman–Crippen LogP) is 1.39. The van der Waals surface area contributed by atoms with E-state index in [2.05, 4.69) is 20.1 Å². The van der Waals surface area contributed by atoms with Crippen LogP contribution in [0.4, 0.5) is 0 Å². The average Bonchev–Trinajstić information content (AvgIpc) is 2.75. The maximum atomic E-state index is 4.12. The molecule has 0 atom stereocenters. The quantitative estimate of drug-likeness (QED) is 0.683. The van der Waals surface area contributed by atoms with Gasteiger partial charge in [0.15, 0.2) is 5.82 Å². The lowest BCUT2D eigenvalue weighted by molar-refractivity contribution is 0.832. The van der Waals surface area contributed by atoms with E-state index < -0.39 is 0 Å². The van der Waals surface area contributed by atoms with E-state index in [0.717, 1.165) is 5.69 Å². The fraction of sp³-hybridized carbons (Fsp3) is 0.333. The Balaban J connectivity index is 0.000000461. The molecule has 5 heteroatoms. The number of rotatable bonds is 1. The molecule has 14 heavy (non-hydrogen) atoms. The third-order valence-corrected chi connectivity index (χ3v) is 1.42. The van der Waals surface area contributed by atoms with Crippen LogP contribution < -0.4 is 0 Å². The molecule has 0 aliphatic rings. The van der Waals surface area contributed by atoms with Crippen LogP contribution in [0.25, 0.3) is 5.82 Å². The van der Waals surface area contributed by atoms with Gasteiger partial charge in [0.1, 0.15) is 12.7 Å². The highest BCUT2D eigenvalue weighted by molar-refractivity contribution is 5.15. The summed E-state index contributed by atoms with van der Waals surface area (Å²) in [6.07, 6.45) is 6.39. The van der Waals surface area contributed by atoms with Crippen molar-refractivity contribution in [3.05, 3.63) is 30.7 Å². The summed E-state index contributed by atoms with van der Waals surface area (Å²) in [6, 6.07) is 0. The van der Waals surface area contributed by atoms with Gasteiger partial charge in [-0.3, -0.25) is 4.98 Å². The SMILES string of the molecule is CC.Cc1cnc(-n2cncn2)cn1. The molecule has 5 nitrogen and oxygen atoms in total.